The van der Waals surface area contributed by atoms with E-state index in [1.54, 1.807) is 12.1 Å². The first kappa shape index (κ1) is 25.6. The molecular weight excluding hydrogens is 529 g/mol. The summed E-state index contributed by atoms with van der Waals surface area (Å²) in [6.07, 6.45) is 1.48. The van der Waals surface area contributed by atoms with Crippen LogP contribution in [0.4, 0.5) is 4.39 Å². The molecular formula is C27H22FN3O5S2. The monoisotopic (exact) mass is 551 g/mol. The van der Waals surface area contributed by atoms with E-state index in [4.69, 9.17) is 4.42 Å². The number of aromatic amines is 1. The number of amides is 1. The summed E-state index contributed by atoms with van der Waals surface area (Å²) < 4.78 is 49.9. The predicted molar refractivity (Wildman–Crippen MR) is 141 cm³/mol. The summed E-state index contributed by atoms with van der Waals surface area (Å²) in [6, 6.07) is 18.0. The molecule has 3 heterocycles. The summed E-state index contributed by atoms with van der Waals surface area (Å²) in [6.45, 7) is 0.229. The number of nitrogens with zero attached hydrogens (tertiary/aromatic N) is 1. The molecule has 3 aromatic heterocycles. The molecule has 0 radical (unpaired) electrons. The second-order valence-electron chi connectivity index (χ2n) is 8.50. The molecule has 1 unspecified atom stereocenters. The fourth-order valence-electron chi connectivity index (χ4n) is 4.05. The van der Waals surface area contributed by atoms with Crippen molar-refractivity contribution in [1.82, 2.24) is 14.6 Å². The van der Waals surface area contributed by atoms with Crippen LogP contribution in [-0.2, 0) is 27.9 Å². The molecule has 11 heteroatoms. The molecule has 0 saturated heterocycles. The zero-order valence-electron chi connectivity index (χ0n) is 19.8. The summed E-state index contributed by atoms with van der Waals surface area (Å²) in [5.74, 6) is -0.874. The molecule has 5 aromatic rings. The zero-order chi connectivity index (χ0) is 26.7. The highest BCUT2D eigenvalue weighted by molar-refractivity contribution is 7.89. The number of sulfonamides is 1. The van der Waals surface area contributed by atoms with Gasteiger partial charge in [0.15, 0.2) is 0 Å². The predicted octanol–water partition coefficient (Wildman–Crippen LogP) is 4.57. The van der Waals surface area contributed by atoms with E-state index in [9.17, 15) is 22.4 Å². The van der Waals surface area contributed by atoms with Gasteiger partial charge < -0.3 is 14.3 Å². The Morgan fingerprint density at radius 1 is 1.03 bits per heavy atom. The van der Waals surface area contributed by atoms with Gasteiger partial charge in [0, 0.05) is 22.0 Å². The van der Waals surface area contributed by atoms with Crippen LogP contribution in [0.15, 0.2) is 105 Å². The Labute approximate surface area is 221 Å². The number of rotatable bonds is 9. The molecule has 0 aliphatic heterocycles. The lowest BCUT2D eigenvalue weighted by Gasteiger charge is -2.27. The van der Waals surface area contributed by atoms with Crippen LogP contribution >= 0.6 is 11.3 Å². The number of fused-ring (bicyclic) bond motifs is 1. The lowest BCUT2D eigenvalue weighted by molar-refractivity contribution is -0.134. The van der Waals surface area contributed by atoms with Gasteiger partial charge in [0.25, 0.3) is 0 Å². The van der Waals surface area contributed by atoms with E-state index in [0.29, 0.717) is 16.7 Å². The minimum Gasteiger partial charge on any atom is -0.467 e. The largest absolute Gasteiger partial charge is 0.467 e. The molecule has 2 aromatic carbocycles. The fraction of sp³-hybridized carbons (Fsp3) is 0.111. The van der Waals surface area contributed by atoms with Gasteiger partial charge in [-0.2, -0.15) is 4.72 Å². The Morgan fingerprint density at radius 3 is 2.61 bits per heavy atom. The molecule has 0 fully saturated rings. The van der Waals surface area contributed by atoms with Crippen molar-refractivity contribution < 1.29 is 22.0 Å². The number of carbonyl (C=O) groups excluding carboxylic acids is 1. The van der Waals surface area contributed by atoms with Gasteiger partial charge in [0.05, 0.1) is 24.2 Å². The Kier molecular flexibility index (Phi) is 7.23. The van der Waals surface area contributed by atoms with Crippen LogP contribution < -0.4 is 10.3 Å². The highest BCUT2D eigenvalue weighted by Gasteiger charge is 2.33. The number of nitrogens with one attached hydrogen (secondary N) is 2. The van der Waals surface area contributed by atoms with Crippen LogP contribution in [0.25, 0.3) is 10.9 Å². The van der Waals surface area contributed by atoms with Crippen molar-refractivity contribution in [3.63, 3.8) is 0 Å². The third-order valence-corrected chi connectivity index (χ3v) is 8.19. The number of carbonyl (C=O) groups is 1. The second-order valence-corrected chi connectivity index (χ2v) is 11.2. The van der Waals surface area contributed by atoms with E-state index >= 15 is 0 Å². The molecule has 0 aliphatic rings. The normalized spacial score (nSPS) is 12.4. The van der Waals surface area contributed by atoms with Crippen molar-refractivity contribution in [2.24, 2.45) is 0 Å². The molecule has 1 amide bonds. The number of thiophene rings is 1. The van der Waals surface area contributed by atoms with Gasteiger partial charge in [-0.15, -0.1) is 11.3 Å². The third kappa shape index (κ3) is 5.59. The van der Waals surface area contributed by atoms with Crippen LogP contribution in [0.3, 0.4) is 0 Å². The Hall–Kier alpha value is -4.06. The fourth-order valence-corrected chi connectivity index (χ4v) is 5.98. The Bertz CT molecular complexity index is 1700. The molecule has 1 atom stereocenters. The quantitative estimate of drug-likeness (QED) is 0.279. The molecule has 2 N–H and O–H groups in total. The highest BCUT2D eigenvalue weighted by Crippen LogP contribution is 2.26. The number of H-pyrrole nitrogens is 1. The molecule has 0 bridgehead atoms. The first-order valence-corrected chi connectivity index (χ1v) is 13.9. The smallest absolute Gasteiger partial charge is 0.248 e. The summed E-state index contributed by atoms with van der Waals surface area (Å²) in [7, 11) is -4.31. The van der Waals surface area contributed by atoms with E-state index in [0.717, 1.165) is 4.88 Å². The molecule has 8 nitrogen and oxygen atoms in total. The highest BCUT2D eigenvalue weighted by atomic mass is 32.2. The van der Waals surface area contributed by atoms with Crippen molar-refractivity contribution in [2.45, 2.75) is 24.0 Å². The van der Waals surface area contributed by atoms with Gasteiger partial charge in [0.1, 0.15) is 17.6 Å². The number of benzene rings is 2. The molecule has 5 rings (SSSR count). The van der Waals surface area contributed by atoms with Gasteiger partial charge in [-0.3, -0.25) is 9.59 Å². The number of pyridine rings is 1. The maximum Gasteiger partial charge on any atom is 0.248 e. The average Bonchev–Trinajstić information content (AvgIpc) is 3.61. The van der Waals surface area contributed by atoms with Crippen molar-refractivity contribution in [2.75, 3.05) is 0 Å². The van der Waals surface area contributed by atoms with E-state index in [1.807, 2.05) is 17.5 Å². The number of hydrogen-bond donors (Lipinski definition) is 2. The van der Waals surface area contributed by atoms with E-state index in [-0.39, 0.29) is 29.1 Å². The summed E-state index contributed by atoms with van der Waals surface area (Å²) >= 11 is 1.44. The summed E-state index contributed by atoms with van der Waals surface area (Å²) in [5.41, 5.74) is 0.0272. The zero-order valence-corrected chi connectivity index (χ0v) is 21.5. The van der Waals surface area contributed by atoms with Crippen LogP contribution in [-0.4, -0.2) is 24.2 Å². The lowest BCUT2D eigenvalue weighted by atomic mass is 10.1. The first-order chi connectivity index (χ1) is 18.3. The van der Waals surface area contributed by atoms with Crippen LogP contribution in [0.5, 0.6) is 0 Å². The minimum atomic E-state index is -4.31. The number of aromatic nitrogens is 1. The molecule has 0 aliphatic carbocycles. The van der Waals surface area contributed by atoms with Crippen molar-refractivity contribution in [3.05, 3.63) is 123 Å². The SMILES string of the molecule is O=C(C(NS(=O)(=O)c1ccc2[nH]c(=O)ccc2c1)c1ccccc1F)N(Cc1ccco1)Cc1cccs1. The lowest BCUT2D eigenvalue weighted by Crippen LogP contribution is -2.42. The minimum absolute atomic E-state index is 0.0553. The van der Waals surface area contributed by atoms with Gasteiger partial charge >= 0.3 is 0 Å². The van der Waals surface area contributed by atoms with Gasteiger partial charge in [-0.1, -0.05) is 24.3 Å². The van der Waals surface area contributed by atoms with Crippen molar-refractivity contribution in [3.8, 4) is 0 Å². The standard InChI is InChI=1S/C27H22FN3O5S2/c28-23-8-2-1-7-22(23)26(27(33)31(16-19-5-3-13-36-19)17-20-6-4-14-37-20)30-38(34,35)21-10-11-24-18(15-21)9-12-25(32)29-24/h1-15,26,30H,16-17H2,(H,29,32). The van der Waals surface area contributed by atoms with E-state index < -0.39 is 27.8 Å². The van der Waals surface area contributed by atoms with Gasteiger partial charge in [-0.25, -0.2) is 12.8 Å². The van der Waals surface area contributed by atoms with Gasteiger partial charge in [0.2, 0.25) is 21.5 Å². The Balaban J connectivity index is 1.53. The van der Waals surface area contributed by atoms with Crippen molar-refractivity contribution >= 4 is 38.2 Å². The van der Waals surface area contributed by atoms with Crippen LogP contribution in [0.2, 0.25) is 0 Å². The molecule has 0 spiro atoms. The van der Waals surface area contributed by atoms with Gasteiger partial charge in [-0.05, 0) is 59.3 Å². The number of furan rings is 1. The van der Waals surface area contributed by atoms with Crippen molar-refractivity contribution in [1.29, 1.82) is 0 Å². The summed E-state index contributed by atoms with van der Waals surface area (Å²) in [4.78, 5) is 30.3. The Morgan fingerprint density at radius 2 is 1.87 bits per heavy atom. The van der Waals surface area contributed by atoms with Crippen LogP contribution in [0, 0.1) is 5.82 Å². The third-order valence-electron chi connectivity index (χ3n) is 5.91. The molecule has 194 valence electrons. The second kappa shape index (κ2) is 10.7. The molecule has 0 saturated carbocycles. The van der Waals surface area contributed by atoms with E-state index in [2.05, 4.69) is 9.71 Å². The topological polar surface area (TPSA) is 112 Å². The average molecular weight is 552 g/mol. The maximum absolute atomic E-state index is 15.0. The number of hydrogen-bond acceptors (Lipinski definition) is 6. The van der Waals surface area contributed by atoms with E-state index in [1.165, 1.54) is 77.1 Å². The molecule has 38 heavy (non-hydrogen) atoms. The maximum atomic E-state index is 15.0. The van der Waals surface area contributed by atoms with Crippen LogP contribution in [0.1, 0.15) is 22.2 Å². The first-order valence-electron chi connectivity index (χ1n) is 11.5. The number of halogens is 1. The summed E-state index contributed by atoms with van der Waals surface area (Å²) in [5, 5.41) is 2.35.